The van der Waals surface area contributed by atoms with Crippen molar-refractivity contribution >= 4 is 28.7 Å². The maximum Gasteiger partial charge on any atom is 0.338 e. The zero-order chi connectivity index (χ0) is 24.8. The number of urea groups is 1. The summed E-state index contributed by atoms with van der Waals surface area (Å²) in [6, 6.07) is 21.0. The number of esters is 1. The third-order valence-electron chi connectivity index (χ3n) is 5.51. The number of hydrogen-bond acceptors (Lipinski definition) is 5. The van der Waals surface area contributed by atoms with Crippen LogP contribution in [0.5, 0.6) is 0 Å². The summed E-state index contributed by atoms with van der Waals surface area (Å²) in [4.78, 5) is 39.8. The Labute approximate surface area is 202 Å². The van der Waals surface area contributed by atoms with E-state index in [1.165, 1.54) is 6.26 Å². The molecule has 0 unspecified atom stereocenters. The van der Waals surface area contributed by atoms with E-state index in [0.29, 0.717) is 34.3 Å². The molecule has 7 nitrogen and oxygen atoms in total. The van der Waals surface area contributed by atoms with E-state index in [4.69, 9.17) is 9.15 Å². The second-order valence-corrected chi connectivity index (χ2v) is 8.16. The molecule has 7 heteroatoms. The zero-order valence-electron chi connectivity index (χ0n) is 19.6. The highest BCUT2D eigenvalue weighted by molar-refractivity contribution is 5.92. The fraction of sp³-hybridized carbons (Fsp3) is 0.179. The molecule has 0 saturated carbocycles. The number of hydrogen-bond donors (Lipinski definition) is 1. The van der Waals surface area contributed by atoms with Crippen molar-refractivity contribution in [2.45, 2.75) is 26.9 Å². The van der Waals surface area contributed by atoms with Crippen molar-refractivity contribution in [1.29, 1.82) is 0 Å². The Morgan fingerprint density at radius 3 is 2.43 bits per heavy atom. The minimum atomic E-state index is -0.422. The standard InChI is InChI=1S/C28H26N2O5/c1-3-34-27(32)21-10-12-23(13-11-21)29-28(33)30(16-20-7-5-4-6-8-20)17-22-18-35-25-14-9-19(2)15-24(25)26(22)31/h4-15,18H,3,16-17H2,1-2H3,(H,29,33). The number of aryl methyl sites for hydroxylation is 1. The van der Waals surface area contributed by atoms with Gasteiger partial charge in [-0.05, 0) is 55.8 Å². The first-order valence-electron chi connectivity index (χ1n) is 11.3. The Kier molecular flexibility index (Phi) is 7.26. The van der Waals surface area contributed by atoms with Crippen LogP contribution in [0.2, 0.25) is 0 Å². The predicted octanol–water partition coefficient (Wildman–Crippen LogP) is 5.51. The summed E-state index contributed by atoms with van der Waals surface area (Å²) >= 11 is 0. The van der Waals surface area contributed by atoms with Crippen molar-refractivity contribution in [1.82, 2.24) is 4.90 Å². The normalized spacial score (nSPS) is 10.7. The summed E-state index contributed by atoms with van der Waals surface area (Å²) in [5.74, 6) is -0.422. The fourth-order valence-corrected chi connectivity index (χ4v) is 3.71. The number of anilines is 1. The van der Waals surface area contributed by atoms with Gasteiger partial charge in [-0.3, -0.25) is 4.79 Å². The largest absolute Gasteiger partial charge is 0.464 e. The van der Waals surface area contributed by atoms with Gasteiger partial charge in [0.05, 0.1) is 35.9 Å². The molecule has 0 radical (unpaired) electrons. The molecule has 35 heavy (non-hydrogen) atoms. The third-order valence-corrected chi connectivity index (χ3v) is 5.51. The minimum absolute atomic E-state index is 0.0633. The average Bonchev–Trinajstić information content (AvgIpc) is 2.86. The van der Waals surface area contributed by atoms with Crippen molar-refractivity contribution in [3.8, 4) is 0 Å². The van der Waals surface area contributed by atoms with Crippen LogP contribution in [0.1, 0.15) is 34.0 Å². The maximum absolute atomic E-state index is 13.3. The molecule has 0 aliphatic carbocycles. The van der Waals surface area contributed by atoms with Crippen molar-refractivity contribution in [3.63, 3.8) is 0 Å². The van der Waals surface area contributed by atoms with Gasteiger partial charge in [-0.2, -0.15) is 0 Å². The van der Waals surface area contributed by atoms with Crippen LogP contribution in [-0.4, -0.2) is 23.5 Å². The quantitative estimate of drug-likeness (QED) is 0.360. The van der Waals surface area contributed by atoms with Crippen molar-refractivity contribution < 1.29 is 18.7 Å². The van der Waals surface area contributed by atoms with Crippen LogP contribution in [0, 0.1) is 6.92 Å². The molecule has 0 bridgehead atoms. The first-order chi connectivity index (χ1) is 16.9. The van der Waals surface area contributed by atoms with E-state index in [1.807, 2.05) is 43.3 Å². The molecule has 0 saturated heterocycles. The van der Waals surface area contributed by atoms with Gasteiger partial charge in [0.15, 0.2) is 5.43 Å². The highest BCUT2D eigenvalue weighted by Gasteiger charge is 2.18. The SMILES string of the molecule is CCOC(=O)c1ccc(NC(=O)N(Cc2ccccc2)Cc2coc3ccc(C)cc3c2=O)cc1. The molecule has 0 fully saturated rings. The summed E-state index contributed by atoms with van der Waals surface area (Å²) in [7, 11) is 0. The van der Waals surface area contributed by atoms with Gasteiger partial charge >= 0.3 is 12.0 Å². The van der Waals surface area contributed by atoms with Crippen molar-refractivity contribution in [2.24, 2.45) is 0 Å². The zero-order valence-corrected chi connectivity index (χ0v) is 19.6. The van der Waals surface area contributed by atoms with Gasteiger partial charge in [-0.1, -0.05) is 42.0 Å². The Balaban J connectivity index is 1.59. The monoisotopic (exact) mass is 470 g/mol. The number of ether oxygens (including phenoxy) is 1. The van der Waals surface area contributed by atoms with E-state index < -0.39 is 5.97 Å². The molecule has 1 N–H and O–H groups in total. The lowest BCUT2D eigenvalue weighted by atomic mass is 10.1. The van der Waals surface area contributed by atoms with Crippen LogP contribution in [0.4, 0.5) is 10.5 Å². The van der Waals surface area contributed by atoms with Crippen LogP contribution in [0.15, 0.2) is 88.3 Å². The van der Waals surface area contributed by atoms with Crippen molar-refractivity contribution in [3.05, 3.63) is 112 Å². The van der Waals surface area contributed by atoms with Gasteiger partial charge < -0.3 is 19.4 Å². The average molecular weight is 471 g/mol. The first-order valence-corrected chi connectivity index (χ1v) is 11.3. The second kappa shape index (κ2) is 10.7. The second-order valence-electron chi connectivity index (χ2n) is 8.16. The Morgan fingerprint density at radius 2 is 1.71 bits per heavy atom. The summed E-state index contributed by atoms with van der Waals surface area (Å²) in [5, 5.41) is 3.33. The molecule has 2 amide bonds. The van der Waals surface area contributed by atoms with Crippen LogP contribution < -0.4 is 10.7 Å². The molecule has 3 aromatic carbocycles. The van der Waals surface area contributed by atoms with Gasteiger partial charge in [0.2, 0.25) is 0 Å². The third kappa shape index (κ3) is 5.76. The van der Waals surface area contributed by atoms with Gasteiger partial charge in [-0.15, -0.1) is 0 Å². The highest BCUT2D eigenvalue weighted by atomic mass is 16.5. The number of amides is 2. The van der Waals surface area contributed by atoms with E-state index in [1.54, 1.807) is 48.2 Å². The number of nitrogens with zero attached hydrogens (tertiary/aromatic N) is 1. The predicted molar refractivity (Wildman–Crippen MR) is 134 cm³/mol. The molecule has 0 spiro atoms. The van der Waals surface area contributed by atoms with Crippen LogP contribution >= 0.6 is 0 Å². The number of rotatable bonds is 7. The smallest absolute Gasteiger partial charge is 0.338 e. The van der Waals surface area contributed by atoms with Gasteiger partial charge in [0, 0.05) is 12.2 Å². The van der Waals surface area contributed by atoms with E-state index >= 15 is 0 Å². The van der Waals surface area contributed by atoms with Crippen LogP contribution in [0.25, 0.3) is 11.0 Å². The number of nitrogens with one attached hydrogen (secondary N) is 1. The minimum Gasteiger partial charge on any atom is -0.464 e. The van der Waals surface area contributed by atoms with Gasteiger partial charge in [0.1, 0.15) is 5.58 Å². The van der Waals surface area contributed by atoms with Gasteiger partial charge in [0.25, 0.3) is 0 Å². The molecule has 178 valence electrons. The molecule has 0 atom stereocenters. The number of fused-ring (bicyclic) bond motifs is 1. The lowest BCUT2D eigenvalue weighted by Gasteiger charge is -2.23. The van der Waals surface area contributed by atoms with E-state index in [2.05, 4.69) is 5.32 Å². The van der Waals surface area contributed by atoms with E-state index in [0.717, 1.165) is 11.1 Å². The molecule has 4 rings (SSSR count). The molecule has 0 aliphatic rings. The summed E-state index contributed by atoms with van der Waals surface area (Å²) in [5.41, 5.74) is 3.50. The first kappa shape index (κ1) is 23.8. The lowest BCUT2D eigenvalue weighted by molar-refractivity contribution is 0.0526. The topological polar surface area (TPSA) is 88.8 Å². The molecular formula is C28H26N2O5. The molecule has 1 aromatic heterocycles. The number of carbonyl (C=O) groups is 2. The van der Waals surface area contributed by atoms with Crippen LogP contribution in [-0.2, 0) is 17.8 Å². The molecular weight excluding hydrogens is 444 g/mol. The summed E-state index contributed by atoms with van der Waals surface area (Å²) in [6.45, 7) is 4.29. The lowest BCUT2D eigenvalue weighted by Crippen LogP contribution is -2.35. The van der Waals surface area contributed by atoms with Gasteiger partial charge in [-0.25, -0.2) is 9.59 Å². The Bertz CT molecular complexity index is 1390. The summed E-state index contributed by atoms with van der Waals surface area (Å²) < 4.78 is 10.7. The molecule has 4 aromatic rings. The maximum atomic E-state index is 13.3. The Morgan fingerprint density at radius 1 is 0.971 bits per heavy atom. The summed E-state index contributed by atoms with van der Waals surface area (Å²) in [6.07, 6.45) is 1.42. The highest BCUT2D eigenvalue weighted by Crippen LogP contribution is 2.17. The number of carbonyl (C=O) groups excluding carboxylic acids is 2. The van der Waals surface area contributed by atoms with Crippen LogP contribution in [0.3, 0.4) is 0 Å². The molecule has 1 heterocycles. The van der Waals surface area contributed by atoms with E-state index in [9.17, 15) is 14.4 Å². The molecule has 0 aliphatic heterocycles. The Hall–Kier alpha value is -4.39. The van der Waals surface area contributed by atoms with E-state index in [-0.39, 0.29) is 24.6 Å². The fourth-order valence-electron chi connectivity index (χ4n) is 3.71. The number of benzene rings is 3. The van der Waals surface area contributed by atoms with Crippen molar-refractivity contribution in [2.75, 3.05) is 11.9 Å².